The van der Waals surface area contributed by atoms with Gasteiger partial charge >= 0.3 is 0 Å². The van der Waals surface area contributed by atoms with Crippen molar-refractivity contribution < 1.29 is 4.79 Å². The second-order valence-electron chi connectivity index (χ2n) is 6.82. The Hall–Kier alpha value is -2.63. The summed E-state index contributed by atoms with van der Waals surface area (Å²) in [5.41, 5.74) is 2.67. The van der Waals surface area contributed by atoms with Crippen LogP contribution in [0.3, 0.4) is 0 Å². The molecule has 1 N–H and O–H groups in total. The minimum atomic E-state index is -0.317. The number of aromatic amines is 1. The molecule has 1 fully saturated rings. The van der Waals surface area contributed by atoms with Crippen molar-refractivity contribution in [3.63, 3.8) is 0 Å². The summed E-state index contributed by atoms with van der Waals surface area (Å²) >= 11 is 0. The average Bonchev–Trinajstić information content (AvgIpc) is 3.07. The van der Waals surface area contributed by atoms with Crippen molar-refractivity contribution in [2.75, 3.05) is 25.5 Å². The Morgan fingerprint density at radius 3 is 2.80 bits per heavy atom. The predicted molar refractivity (Wildman–Crippen MR) is 98.1 cm³/mol. The topological polar surface area (TPSA) is 69.3 Å². The quantitative estimate of drug-likeness (QED) is 0.932. The van der Waals surface area contributed by atoms with E-state index in [2.05, 4.69) is 9.97 Å². The molecule has 0 bridgehead atoms. The zero-order chi connectivity index (χ0) is 18.1. The second-order valence-corrected chi connectivity index (χ2v) is 6.82. The van der Waals surface area contributed by atoms with E-state index in [0.717, 1.165) is 35.5 Å². The molecular weight excluding hydrogens is 316 g/mol. The summed E-state index contributed by atoms with van der Waals surface area (Å²) in [7, 11) is 3.89. The number of aryl methyl sites for hydroxylation is 2. The van der Waals surface area contributed by atoms with Crippen LogP contribution in [-0.2, 0) is 0 Å². The van der Waals surface area contributed by atoms with Gasteiger partial charge in [-0.3, -0.25) is 9.59 Å². The molecular formula is C19H24N4O2. The Morgan fingerprint density at radius 2 is 2.08 bits per heavy atom. The van der Waals surface area contributed by atoms with E-state index < -0.39 is 0 Å². The lowest BCUT2D eigenvalue weighted by Gasteiger charge is -2.26. The molecule has 6 nitrogen and oxygen atoms in total. The predicted octanol–water partition coefficient (Wildman–Crippen LogP) is 2.43. The smallest absolute Gasteiger partial charge is 0.261 e. The molecule has 0 saturated carbocycles. The van der Waals surface area contributed by atoms with Crippen molar-refractivity contribution in [2.45, 2.75) is 32.7 Å². The second kappa shape index (κ2) is 6.70. The Morgan fingerprint density at radius 1 is 1.32 bits per heavy atom. The monoisotopic (exact) mass is 340 g/mol. The lowest BCUT2D eigenvalue weighted by molar-refractivity contribution is 0.0733. The summed E-state index contributed by atoms with van der Waals surface area (Å²) in [5, 5.41) is 0. The Labute approximate surface area is 147 Å². The van der Waals surface area contributed by atoms with E-state index >= 15 is 0 Å². The molecule has 1 atom stereocenters. The molecule has 0 radical (unpaired) electrons. The highest BCUT2D eigenvalue weighted by molar-refractivity contribution is 5.94. The summed E-state index contributed by atoms with van der Waals surface area (Å²) in [6.45, 7) is 4.40. The van der Waals surface area contributed by atoms with Crippen LogP contribution < -0.4 is 10.5 Å². The molecule has 6 heteroatoms. The molecule has 2 aromatic heterocycles. The van der Waals surface area contributed by atoms with Gasteiger partial charge in [0.05, 0.1) is 6.04 Å². The van der Waals surface area contributed by atoms with Gasteiger partial charge in [-0.15, -0.1) is 0 Å². The van der Waals surface area contributed by atoms with E-state index in [-0.39, 0.29) is 23.1 Å². The van der Waals surface area contributed by atoms with E-state index in [9.17, 15) is 9.59 Å². The van der Waals surface area contributed by atoms with Crippen LogP contribution in [0, 0.1) is 13.8 Å². The summed E-state index contributed by atoms with van der Waals surface area (Å²) in [6, 6.07) is 5.65. The largest absolute Gasteiger partial charge is 0.363 e. The number of nitrogens with one attached hydrogen (secondary N) is 1. The molecule has 1 saturated heterocycles. The number of carbonyl (C=O) groups excluding carboxylic acids is 1. The Balaban J connectivity index is 1.94. The zero-order valence-corrected chi connectivity index (χ0v) is 15.2. The molecule has 3 rings (SSSR count). The summed E-state index contributed by atoms with van der Waals surface area (Å²) in [4.78, 5) is 36.1. The number of aromatic nitrogens is 2. The van der Waals surface area contributed by atoms with Gasteiger partial charge in [0.1, 0.15) is 11.4 Å². The van der Waals surface area contributed by atoms with Crippen LogP contribution in [0.1, 0.15) is 46.1 Å². The molecule has 25 heavy (non-hydrogen) atoms. The molecule has 1 unspecified atom stereocenters. The number of rotatable bonds is 3. The lowest BCUT2D eigenvalue weighted by atomic mass is 10.0. The number of amides is 1. The van der Waals surface area contributed by atoms with Gasteiger partial charge in [0.25, 0.3) is 11.5 Å². The van der Waals surface area contributed by atoms with Crippen LogP contribution in [0.25, 0.3) is 0 Å². The van der Waals surface area contributed by atoms with Gasteiger partial charge in [-0.2, -0.15) is 0 Å². The maximum absolute atomic E-state index is 13.0. The number of H-pyrrole nitrogens is 1. The third-order valence-corrected chi connectivity index (χ3v) is 4.85. The first-order chi connectivity index (χ1) is 11.9. The van der Waals surface area contributed by atoms with Crippen molar-refractivity contribution in [1.29, 1.82) is 0 Å². The zero-order valence-electron chi connectivity index (χ0n) is 15.2. The highest BCUT2D eigenvalue weighted by atomic mass is 16.2. The molecule has 2 aromatic rings. The minimum Gasteiger partial charge on any atom is -0.363 e. The number of carbonyl (C=O) groups is 1. The maximum Gasteiger partial charge on any atom is 0.261 e. The maximum atomic E-state index is 13.0. The summed E-state index contributed by atoms with van der Waals surface area (Å²) < 4.78 is 0. The molecule has 0 spiro atoms. The minimum absolute atomic E-state index is 0.0183. The van der Waals surface area contributed by atoms with Crippen molar-refractivity contribution in [3.8, 4) is 0 Å². The number of hydrogen-bond acceptors (Lipinski definition) is 4. The van der Waals surface area contributed by atoms with E-state index in [1.807, 2.05) is 49.9 Å². The van der Waals surface area contributed by atoms with Gasteiger partial charge in [0, 0.05) is 32.5 Å². The first-order valence-corrected chi connectivity index (χ1v) is 8.53. The molecule has 1 aliphatic rings. The van der Waals surface area contributed by atoms with E-state index in [4.69, 9.17) is 0 Å². The molecule has 0 aliphatic carbocycles. The van der Waals surface area contributed by atoms with Gasteiger partial charge in [-0.1, -0.05) is 0 Å². The number of pyridine rings is 2. The van der Waals surface area contributed by atoms with Crippen LogP contribution in [0.4, 0.5) is 5.82 Å². The first-order valence-electron chi connectivity index (χ1n) is 8.53. The molecule has 1 amide bonds. The number of anilines is 1. The highest BCUT2D eigenvalue weighted by Crippen LogP contribution is 2.33. The molecule has 1 aliphatic heterocycles. The first kappa shape index (κ1) is 17.2. The van der Waals surface area contributed by atoms with Crippen LogP contribution >= 0.6 is 0 Å². The fraction of sp³-hybridized carbons (Fsp3) is 0.421. The van der Waals surface area contributed by atoms with Crippen LogP contribution in [0.5, 0.6) is 0 Å². The van der Waals surface area contributed by atoms with Crippen LogP contribution in [0.15, 0.2) is 29.2 Å². The van der Waals surface area contributed by atoms with Gasteiger partial charge in [-0.25, -0.2) is 4.98 Å². The van der Waals surface area contributed by atoms with Gasteiger partial charge < -0.3 is 14.8 Å². The third kappa shape index (κ3) is 3.29. The Kier molecular flexibility index (Phi) is 4.61. The average molecular weight is 340 g/mol. The van der Waals surface area contributed by atoms with E-state index in [1.54, 1.807) is 12.3 Å². The fourth-order valence-corrected chi connectivity index (χ4v) is 3.28. The van der Waals surface area contributed by atoms with E-state index in [1.165, 1.54) is 0 Å². The van der Waals surface area contributed by atoms with Crippen molar-refractivity contribution >= 4 is 11.7 Å². The van der Waals surface area contributed by atoms with Crippen molar-refractivity contribution in [3.05, 3.63) is 57.1 Å². The highest BCUT2D eigenvalue weighted by Gasteiger charge is 2.32. The molecule has 3 heterocycles. The fourth-order valence-electron chi connectivity index (χ4n) is 3.28. The van der Waals surface area contributed by atoms with Crippen LogP contribution in [0.2, 0.25) is 0 Å². The molecule has 0 aromatic carbocycles. The van der Waals surface area contributed by atoms with Crippen molar-refractivity contribution in [2.24, 2.45) is 0 Å². The number of likely N-dealkylation sites (tertiary alicyclic amines) is 1. The number of nitrogens with zero attached hydrogens (tertiary/aromatic N) is 3. The standard InChI is InChI=1S/C19H24N4O2/c1-12-10-15(18(24)21-13(12)2)19(25)23-9-5-6-16(23)14-7-8-20-17(11-14)22(3)4/h7-8,10-11,16H,5-6,9H2,1-4H3,(H,21,24). The normalized spacial score (nSPS) is 17.0. The SMILES string of the molecule is Cc1cc(C(=O)N2CCCC2c2ccnc(N(C)C)c2)c(=O)[nH]c1C. The Bertz CT molecular complexity index is 857. The van der Waals surface area contributed by atoms with Crippen LogP contribution in [-0.4, -0.2) is 41.4 Å². The summed E-state index contributed by atoms with van der Waals surface area (Å²) in [6.07, 6.45) is 3.60. The van der Waals surface area contributed by atoms with Gasteiger partial charge in [0.15, 0.2) is 0 Å². The van der Waals surface area contributed by atoms with Gasteiger partial charge in [0.2, 0.25) is 0 Å². The van der Waals surface area contributed by atoms with Gasteiger partial charge in [-0.05, 0) is 56.0 Å². The third-order valence-electron chi connectivity index (χ3n) is 4.85. The molecule has 132 valence electrons. The number of hydrogen-bond donors (Lipinski definition) is 1. The van der Waals surface area contributed by atoms with Crippen molar-refractivity contribution in [1.82, 2.24) is 14.9 Å². The summed E-state index contributed by atoms with van der Waals surface area (Å²) in [5.74, 6) is 0.663. The lowest BCUT2D eigenvalue weighted by Crippen LogP contribution is -2.34. The van der Waals surface area contributed by atoms with E-state index in [0.29, 0.717) is 6.54 Å².